The molecule has 1 heterocycles. The lowest BCUT2D eigenvalue weighted by Gasteiger charge is -2.34. The van der Waals surface area contributed by atoms with Crippen molar-refractivity contribution in [2.75, 3.05) is 20.6 Å². The van der Waals surface area contributed by atoms with Gasteiger partial charge in [0.1, 0.15) is 0 Å². The van der Waals surface area contributed by atoms with Crippen molar-refractivity contribution in [3.8, 4) is 0 Å². The van der Waals surface area contributed by atoms with Crippen molar-refractivity contribution in [3.05, 3.63) is 0 Å². The van der Waals surface area contributed by atoms with Crippen LogP contribution in [0.15, 0.2) is 0 Å². The first kappa shape index (κ1) is 9.97. The van der Waals surface area contributed by atoms with E-state index in [1.54, 1.807) is 0 Å². The quantitative estimate of drug-likeness (QED) is 0.726. The molecule has 0 aromatic carbocycles. The highest BCUT2D eigenvalue weighted by Gasteiger charge is 2.38. The fraction of sp³-hybridized carbons (Fsp3) is 0.909. The summed E-state index contributed by atoms with van der Waals surface area (Å²) in [5, 5.41) is 3.40. The van der Waals surface area contributed by atoms with Gasteiger partial charge in [-0.15, -0.1) is 0 Å². The first-order valence-electron chi connectivity index (χ1n) is 5.63. The molecule has 1 saturated carbocycles. The topological polar surface area (TPSA) is 32.3 Å². The SMILES string of the molecule is CNC(C1CC1)C1CCN(C)C(=O)C1. The van der Waals surface area contributed by atoms with Crippen LogP contribution in [0.4, 0.5) is 0 Å². The lowest BCUT2D eigenvalue weighted by Crippen LogP contribution is -2.44. The van der Waals surface area contributed by atoms with Gasteiger partial charge < -0.3 is 10.2 Å². The predicted molar refractivity (Wildman–Crippen MR) is 55.9 cm³/mol. The van der Waals surface area contributed by atoms with E-state index in [0.29, 0.717) is 17.9 Å². The molecule has 3 heteroatoms. The minimum atomic E-state index is 0.321. The van der Waals surface area contributed by atoms with Crippen molar-refractivity contribution >= 4 is 5.91 Å². The summed E-state index contributed by atoms with van der Waals surface area (Å²) in [5.41, 5.74) is 0. The molecular formula is C11H20N2O. The zero-order valence-electron chi connectivity index (χ0n) is 9.12. The number of hydrogen-bond donors (Lipinski definition) is 1. The number of likely N-dealkylation sites (tertiary alicyclic amines) is 1. The molecule has 0 bridgehead atoms. The van der Waals surface area contributed by atoms with Gasteiger partial charge in [0.25, 0.3) is 0 Å². The van der Waals surface area contributed by atoms with Crippen LogP contribution in [0.5, 0.6) is 0 Å². The molecule has 1 aliphatic carbocycles. The highest BCUT2D eigenvalue weighted by atomic mass is 16.2. The van der Waals surface area contributed by atoms with E-state index in [1.807, 2.05) is 19.0 Å². The Morgan fingerprint density at radius 2 is 2.07 bits per heavy atom. The van der Waals surface area contributed by atoms with Crippen LogP contribution in [0.25, 0.3) is 0 Å². The number of hydrogen-bond acceptors (Lipinski definition) is 2. The molecule has 0 aromatic rings. The molecule has 1 amide bonds. The molecule has 2 atom stereocenters. The number of piperidine rings is 1. The van der Waals surface area contributed by atoms with E-state index in [0.717, 1.165) is 18.9 Å². The lowest BCUT2D eigenvalue weighted by atomic mass is 9.86. The zero-order chi connectivity index (χ0) is 10.1. The van der Waals surface area contributed by atoms with Crippen molar-refractivity contribution < 1.29 is 4.79 Å². The molecule has 2 fully saturated rings. The van der Waals surface area contributed by atoms with Gasteiger partial charge in [-0.2, -0.15) is 0 Å². The average Bonchev–Trinajstić information content (AvgIpc) is 2.96. The minimum Gasteiger partial charge on any atom is -0.346 e. The molecule has 0 aromatic heterocycles. The third kappa shape index (κ3) is 1.92. The second-order valence-electron chi connectivity index (χ2n) is 4.72. The highest BCUT2D eigenvalue weighted by molar-refractivity contribution is 5.76. The molecule has 14 heavy (non-hydrogen) atoms. The summed E-state index contributed by atoms with van der Waals surface area (Å²) in [5.74, 6) is 1.75. The third-order valence-electron chi connectivity index (χ3n) is 3.67. The highest BCUT2D eigenvalue weighted by Crippen LogP contribution is 2.38. The second-order valence-corrected chi connectivity index (χ2v) is 4.72. The van der Waals surface area contributed by atoms with E-state index in [1.165, 1.54) is 19.3 Å². The molecule has 1 N–H and O–H groups in total. The minimum absolute atomic E-state index is 0.321. The number of amides is 1. The maximum atomic E-state index is 11.6. The first-order valence-corrected chi connectivity index (χ1v) is 5.63. The Kier molecular flexibility index (Phi) is 2.77. The molecule has 1 aliphatic heterocycles. The van der Waals surface area contributed by atoms with Gasteiger partial charge in [-0.1, -0.05) is 0 Å². The Balaban J connectivity index is 1.93. The van der Waals surface area contributed by atoms with Crippen LogP contribution in [-0.2, 0) is 4.79 Å². The second kappa shape index (κ2) is 3.89. The van der Waals surface area contributed by atoms with E-state index in [2.05, 4.69) is 5.32 Å². The summed E-state index contributed by atoms with van der Waals surface area (Å²) < 4.78 is 0. The van der Waals surface area contributed by atoms with E-state index in [4.69, 9.17) is 0 Å². The Morgan fingerprint density at radius 3 is 2.57 bits per heavy atom. The van der Waals surface area contributed by atoms with Gasteiger partial charge in [-0.25, -0.2) is 0 Å². The Labute approximate surface area is 85.8 Å². The summed E-state index contributed by atoms with van der Waals surface area (Å²) in [6.45, 7) is 0.939. The van der Waals surface area contributed by atoms with Crippen LogP contribution in [0.3, 0.4) is 0 Å². The van der Waals surface area contributed by atoms with Crippen molar-refractivity contribution in [1.82, 2.24) is 10.2 Å². The lowest BCUT2D eigenvalue weighted by molar-refractivity contribution is -0.134. The summed E-state index contributed by atoms with van der Waals surface area (Å²) in [7, 11) is 3.94. The fourth-order valence-corrected chi connectivity index (χ4v) is 2.58. The number of rotatable bonds is 3. The van der Waals surface area contributed by atoms with Crippen LogP contribution < -0.4 is 5.32 Å². The largest absolute Gasteiger partial charge is 0.346 e. The summed E-state index contributed by atoms with van der Waals surface area (Å²) >= 11 is 0. The monoisotopic (exact) mass is 196 g/mol. The summed E-state index contributed by atoms with van der Waals surface area (Å²) in [6.07, 6.45) is 4.63. The van der Waals surface area contributed by atoms with Crippen LogP contribution in [0, 0.1) is 11.8 Å². The molecule has 3 nitrogen and oxygen atoms in total. The van der Waals surface area contributed by atoms with Gasteiger partial charge in [0.05, 0.1) is 0 Å². The van der Waals surface area contributed by atoms with E-state index >= 15 is 0 Å². The summed E-state index contributed by atoms with van der Waals surface area (Å²) in [6, 6.07) is 0.590. The van der Waals surface area contributed by atoms with E-state index in [-0.39, 0.29) is 0 Å². The third-order valence-corrected chi connectivity index (χ3v) is 3.67. The van der Waals surface area contributed by atoms with Gasteiger partial charge in [-0.05, 0) is 38.1 Å². The predicted octanol–water partition coefficient (Wildman–Crippen LogP) is 0.853. The standard InChI is InChI=1S/C11H20N2O/c1-12-11(8-3-4-8)9-5-6-13(2)10(14)7-9/h8-9,11-12H,3-7H2,1-2H3. The van der Waals surface area contributed by atoms with Crippen molar-refractivity contribution in [2.24, 2.45) is 11.8 Å². The molecule has 2 unspecified atom stereocenters. The Bertz CT molecular complexity index is 225. The number of carbonyl (C=O) groups is 1. The first-order chi connectivity index (χ1) is 6.72. The van der Waals surface area contributed by atoms with Gasteiger partial charge in [0, 0.05) is 26.1 Å². The number of carbonyl (C=O) groups excluding carboxylic acids is 1. The van der Waals surface area contributed by atoms with Crippen LogP contribution in [-0.4, -0.2) is 37.5 Å². The maximum absolute atomic E-state index is 11.6. The van der Waals surface area contributed by atoms with Gasteiger partial charge in [0.15, 0.2) is 0 Å². The Morgan fingerprint density at radius 1 is 1.36 bits per heavy atom. The maximum Gasteiger partial charge on any atom is 0.222 e. The fourth-order valence-electron chi connectivity index (χ4n) is 2.58. The van der Waals surface area contributed by atoms with E-state index < -0.39 is 0 Å². The molecule has 0 radical (unpaired) electrons. The zero-order valence-corrected chi connectivity index (χ0v) is 9.12. The molecule has 80 valence electrons. The molecular weight excluding hydrogens is 176 g/mol. The van der Waals surface area contributed by atoms with Crippen molar-refractivity contribution in [1.29, 1.82) is 0 Å². The number of nitrogens with zero attached hydrogens (tertiary/aromatic N) is 1. The normalized spacial score (nSPS) is 30.6. The van der Waals surface area contributed by atoms with Gasteiger partial charge in [0.2, 0.25) is 5.91 Å². The molecule has 1 saturated heterocycles. The average molecular weight is 196 g/mol. The van der Waals surface area contributed by atoms with Crippen molar-refractivity contribution in [2.45, 2.75) is 31.7 Å². The molecule has 0 spiro atoms. The van der Waals surface area contributed by atoms with Crippen LogP contribution >= 0.6 is 0 Å². The van der Waals surface area contributed by atoms with Crippen LogP contribution in [0.2, 0.25) is 0 Å². The van der Waals surface area contributed by atoms with Gasteiger partial charge >= 0.3 is 0 Å². The smallest absolute Gasteiger partial charge is 0.222 e. The Hall–Kier alpha value is -0.570. The molecule has 2 rings (SSSR count). The number of nitrogens with one attached hydrogen (secondary N) is 1. The molecule has 2 aliphatic rings. The van der Waals surface area contributed by atoms with Crippen LogP contribution in [0.1, 0.15) is 25.7 Å². The van der Waals surface area contributed by atoms with E-state index in [9.17, 15) is 4.79 Å². The summed E-state index contributed by atoms with van der Waals surface area (Å²) in [4.78, 5) is 13.4. The van der Waals surface area contributed by atoms with Crippen molar-refractivity contribution in [3.63, 3.8) is 0 Å². The van der Waals surface area contributed by atoms with Gasteiger partial charge in [-0.3, -0.25) is 4.79 Å².